The zero-order valence-corrected chi connectivity index (χ0v) is 16.6. The standard InChI is InChI=1S/C20H24N2O4S/c1-15(23)16-6-10-19(11-7-16)27(24,25)22-12-13-26-20(14-22)17-4-8-18(9-5-17)21(2)3/h4-11,20H,12-14H2,1-3H3. The van der Waals surface area contributed by atoms with Crippen LogP contribution in [0.4, 0.5) is 5.69 Å². The van der Waals surface area contributed by atoms with Gasteiger partial charge in [0.05, 0.1) is 17.6 Å². The van der Waals surface area contributed by atoms with E-state index in [1.807, 2.05) is 43.3 Å². The molecule has 3 rings (SSSR count). The Hall–Kier alpha value is -2.22. The number of nitrogens with zero attached hydrogens (tertiary/aromatic N) is 2. The van der Waals surface area contributed by atoms with E-state index in [0.29, 0.717) is 18.7 Å². The number of rotatable bonds is 5. The number of ether oxygens (including phenoxy) is 1. The summed E-state index contributed by atoms with van der Waals surface area (Å²) in [7, 11) is 0.307. The van der Waals surface area contributed by atoms with Gasteiger partial charge in [0, 0.05) is 38.4 Å². The summed E-state index contributed by atoms with van der Waals surface area (Å²) in [5, 5.41) is 0. The number of anilines is 1. The third-order valence-corrected chi connectivity index (χ3v) is 6.59. The largest absolute Gasteiger partial charge is 0.378 e. The summed E-state index contributed by atoms with van der Waals surface area (Å²) in [6.07, 6.45) is -0.304. The Morgan fingerprint density at radius 1 is 1.07 bits per heavy atom. The van der Waals surface area contributed by atoms with Gasteiger partial charge in [-0.3, -0.25) is 4.79 Å². The van der Waals surface area contributed by atoms with Crippen molar-refractivity contribution in [2.45, 2.75) is 17.9 Å². The first-order valence-corrected chi connectivity index (χ1v) is 10.2. The number of sulfonamides is 1. The van der Waals surface area contributed by atoms with E-state index in [2.05, 4.69) is 0 Å². The Morgan fingerprint density at radius 2 is 1.70 bits per heavy atom. The van der Waals surface area contributed by atoms with Crippen LogP contribution in [0, 0.1) is 0 Å². The molecule has 0 bridgehead atoms. The monoisotopic (exact) mass is 388 g/mol. The van der Waals surface area contributed by atoms with Gasteiger partial charge in [-0.1, -0.05) is 24.3 Å². The Labute approximate surface area is 160 Å². The quantitative estimate of drug-likeness (QED) is 0.737. The lowest BCUT2D eigenvalue weighted by Crippen LogP contribution is -2.42. The minimum Gasteiger partial charge on any atom is -0.378 e. The van der Waals surface area contributed by atoms with Crippen molar-refractivity contribution < 1.29 is 17.9 Å². The minimum atomic E-state index is -3.63. The van der Waals surface area contributed by atoms with Crippen LogP contribution in [0.25, 0.3) is 0 Å². The zero-order valence-electron chi connectivity index (χ0n) is 15.8. The third-order valence-electron chi connectivity index (χ3n) is 4.71. The Kier molecular flexibility index (Phi) is 5.64. The molecule has 1 heterocycles. The summed E-state index contributed by atoms with van der Waals surface area (Å²) in [5.41, 5.74) is 2.52. The summed E-state index contributed by atoms with van der Waals surface area (Å²) in [4.78, 5) is 13.6. The first-order valence-electron chi connectivity index (χ1n) is 8.79. The molecule has 1 aliphatic rings. The Morgan fingerprint density at radius 3 is 2.26 bits per heavy atom. The van der Waals surface area contributed by atoms with Crippen LogP contribution in [0.5, 0.6) is 0 Å². The van der Waals surface area contributed by atoms with Crippen molar-refractivity contribution in [1.29, 1.82) is 0 Å². The van der Waals surface area contributed by atoms with Crippen LogP contribution in [0.2, 0.25) is 0 Å². The second-order valence-electron chi connectivity index (χ2n) is 6.79. The van der Waals surface area contributed by atoms with E-state index in [-0.39, 0.29) is 23.3 Å². The number of hydrogen-bond acceptors (Lipinski definition) is 5. The first kappa shape index (κ1) is 19.5. The first-order chi connectivity index (χ1) is 12.8. The minimum absolute atomic E-state index is 0.0912. The van der Waals surface area contributed by atoms with E-state index in [1.165, 1.54) is 23.4 Å². The lowest BCUT2D eigenvalue weighted by atomic mass is 10.1. The molecule has 7 heteroatoms. The molecule has 0 amide bonds. The fourth-order valence-corrected chi connectivity index (χ4v) is 4.47. The van der Waals surface area contributed by atoms with Gasteiger partial charge in [-0.2, -0.15) is 4.31 Å². The highest BCUT2D eigenvalue weighted by atomic mass is 32.2. The lowest BCUT2D eigenvalue weighted by Gasteiger charge is -2.32. The second-order valence-corrected chi connectivity index (χ2v) is 8.73. The Bertz CT molecular complexity index is 906. The molecule has 1 unspecified atom stereocenters. The van der Waals surface area contributed by atoms with E-state index < -0.39 is 10.0 Å². The van der Waals surface area contributed by atoms with E-state index in [1.54, 1.807) is 12.1 Å². The average molecular weight is 388 g/mol. The van der Waals surface area contributed by atoms with Crippen molar-refractivity contribution in [3.05, 3.63) is 59.7 Å². The predicted molar refractivity (Wildman–Crippen MR) is 105 cm³/mol. The molecule has 0 N–H and O–H groups in total. The molecule has 0 aromatic heterocycles. The number of carbonyl (C=O) groups excluding carboxylic acids is 1. The van der Waals surface area contributed by atoms with Crippen LogP contribution in [0.15, 0.2) is 53.4 Å². The summed E-state index contributed by atoms with van der Waals surface area (Å²) >= 11 is 0. The molecular formula is C20H24N2O4S. The van der Waals surface area contributed by atoms with Crippen LogP contribution >= 0.6 is 0 Å². The number of Topliss-reactive ketones (excluding diaryl/α,β-unsaturated/α-hetero) is 1. The van der Waals surface area contributed by atoms with Crippen molar-refractivity contribution in [2.24, 2.45) is 0 Å². The van der Waals surface area contributed by atoms with Gasteiger partial charge in [0.15, 0.2) is 5.78 Å². The molecule has 0 spiro atoms. The molecule has 0 saturated carbocycles. The SMILES string of the molecule is CC(=O)c1ccc(S(=O)(=O)N2CCOC(c3ccc(N(C)C)cc3)C2)cc1. The van der Waals surface area contributed by atoms with Crippen LogP contribution < -0.4 is 4.90 Å². The third kappa shape index (κ3) is 4.21. The molecule has 27 heavy (non-hydrogen) atoms. The van der Waals surface area contributed by atoms with Gasteiger partial charge in [-0.05, 0) is 36.8 Å². The molecule has 0 aliphatic carbocycles. The van der Waals surface area contributed by atoms with Gasteiger partial charge in [-0.25, -0.2) is 8.42 Å². The van der Waals surface area contributed by atoms with E-state index in [0.717, 1.165) is 11.3 Å². The van der Waals surface area contributed by atoms with Gasteiger partial charge >= 0.3 is 0 Å². The summed E-state index contributed by atoms with van der Waals surface area (Å²) in [5.74, 6) is -0.0912. The Balaban J connectivity index is 1.79. The maximum absolute atomic E-state index is 13.0. The molecule has 6 nitrogen and oxygen atoms in total. The number of ketones is 1. The van der Waals surface area contributed by atoms with Crippen molar-refractivity contribution in [2.75, 3.05) is 38.7 Å². The highest BCUT2D eigenvalue weighted by Gasteiger charge is 2.31. The topological polar surface area (TPSA) is 66.9 Å². The maximum Gasteiger partial charge on any atom is 0.243 e. The van der Waals surface area contributed by atoms with Crippen molar-refractivity contribution in [1.82, 2.24) is 4.31 Å². The van der Waals surface area contributed by atoms with E-state index >= 15 is 0 Å². The number of hydrogen-bond donors (Lipinski definition) is 0. The van der Waals surface area contributed by atoms with Gasteiger partial charge < -0.3 is 9.64 Å². The summed E-state index contributed by atoms with van der Waals surface area (Å²) in [6, 6.07) is 14.0. The molecule has 1 saturated heterocycles. The average Bonchev–Trinajstić information content (AvgIpc) is 2.68. The lowest BCUT2D eigenvalue weighted by molar-refractivity contribution is -0.00254. The maximum atomic E-state index is 13.0. The van der Waals surface area contributed by atoms with E-state index in [4.69, 9.17) is 4.74 Å². The molecule has 2 aromatic carbocycles. The van der Waals surface area contributed by atoms with Crippen LogP contribution in [-0.2, 0) is 14.8 Å². The molecule has 0 radical (unpaired) electrons. The number of carbonyl (C=O) groups is 1. The highest BCUT2D eigenvalue weighted by Crippen LogP contribution is 2.27. The molecule has 1 fully saturated rings. The molecule has 1 aliphatic heterocycles. The summed E-state index contributed by atoms with van der Waals surface area (Å²) < 4.78 is 33.2. The van der Waals surface area contributed by atoms with Gasteiger partial charge in [-0.15, -0.1) is 0 Å². The molecule has 2 aromatic rings. The number of morpholine rings is 1. The molecular weight excluding hydrogens is 364 g/mol. The van der Waals surface area contributed by atoms with Gasteiger partial charge in [0.2, 0.25) is 10.0 Å². The molecule has 144 valence electrons. The van der Waals surface area contributed by atoms with E-state index in [9.17, 15) is 13.2 Å². The van der Waals surface area contributed by atoms with Crippen molar-refractivity contribution >= 4 is 21.5 Å². The highest BCUT2D eigenvalue weighted by molar-refractivity contribution is 7.89. The predicted octanol–water partition coefficient (Wildman–Crippen LogP) is 2.72. The van der Waals surface area contributed by atoms with Crippen molar-refractivity contribution in [3.63, 3.8) is 0 Å². The summed E-state index contributed by atoms with van der Waals surface area (Å²) in [6.45, 7) is 2.36. The molecule has 1 atom stereocenters. The smallest absolute Gasteiger partial charge is 0.243 e. The van der Waals surface area contributed by atoms with Crippen LogP contribution in [0.3, 0.4) is 0 Å². The van der Waals surface area contributed by atoms with Crippen LogP contribution in [-0.4, -0.2) is 52.3 Å². The fourth-order valence-electron chi connectivity index (χ4n) is 3.04. The van der Waals surface area contributed by atoms with Crippen LogP contribution in [0.1, 0.15) is 28.9 Å². The fraction of sp³-hybridized carbons (Fsp3) is 0.350. The number of benzene rings is 2. The zero-order chi connectivity index (χ0) is 19.6. The van der Waals surface area contributed by atoms with Crippen molar-refractivity contribution in [3.8, 4) is 0 Å². The second kappa shape index (κ2) is 7.80. The normalized spacial score (nSPS) is 18.3. The van der Waals surface area contributed by atoms with Gasteiger partial charge in [0.25, 0.3) is 0 Å². The van der Waals surface area contributed by atoms with Gasteiger partial charge in [0.1, 0.15) is 0 Å².